The molecule has 0 radical (unpaired) electrons. The number of benzene rings is 2. The maximum absolute atomic E-state index is 12.5. The number of alkyl halides is 3. The van der Waals surface area contributed by atoms with Gasteiger partial charge in [-0.1, -0.05) is 30.3 Å². The van der Waals surface area contributed by atoms with Gasteiger partial charge in [-0.25, -0.2) is 0 Å². The molecule has 1 aliphatic heterocycles. The van der Waals surface area contributed by atoms with Crippen molar-refractivity contribution in [2.24, 2.45) is 0 Å². The number of pyridine rings is 1. The zero-order valence-corrected chi connectivity index (χ0v) is 15.1. The molecule has 1 atom stereocenters. The highest BCUT2D eigenvalue weighted by molar-refractivity contribution is 5.82. The van der Waals surface area contributed by atoms with Crippen molar-refractivity contribution in [3.63, 3.8) is 0 Å². The van der Waals surface area contributed by atoms with Crippen LogP contribution >= 0.6 is 0 Å². The van der Waals surface area contributed by atoms with Gasteiger partial charge in [-0.05, 0) is 35.4 Å². The Labute approximate surface area is 160 Å². The third-order valence-electron chi connectivity index (χ3n) is 4.92. The number of nitrogens with zero attached hydrogens (tertiary/aromatic N) is 2. The predicted molar refractivity (Wildman–Crippen MR) is 101 cm³/mol. The molecule has 0 bridgehead atoms. The zero-order chi connectivity index (χ0) is 19.6. The molecular weight excluding hydrogens is 367 g/mol. The molecule has 146 valence electrons. The van der Waals surface area contributed by atoms with E-state index in [0.717, 1.165) is 48.2 Å². The molecule has 3 aromatic rings. The van der Waals surface area contributed by atoms with E-state index in [1.54, 1.807) is 18.3 Å². The fourth-order valence-corrected chi connectivity index (χ4v) is 3.74. The lowest BCUT2D eigenvalue weighted by molar-refractivity contribution is -0.274. The first-order chi connectivity index (χ1) is 13.5. The largest absolute Gasteiger partial charge is 0.573 e. The molecule has 4 nitrogen and oxygen atoms in total. The van der Waals surface area contributed by atoms with E-state index in [1.165, 1.54) is 12.1 Å². The van der Waals surface area contributed by atoms with Gasteiger partial charge in [-0.3, -0.25) is 9.88 Å². The predicted octanol–water partition coefficient (Wildman–Crippen LogP) is 4.13. The summed E-state index contributed by atoms with van der Waals surface area (Å²) in [6.07, 6.45) is -2.91. The van der Waals surface area contributed by atoms with Gasteiger partial charge in [0.05, 0.1) is 11.6 Å². The van der Waals surface area contributed by atoms with E-state index in [4.69, 9.17) is 0 Å². The molecule has 0 aliphatic carbocycles. The third-order valence-corrected chi connectivity index (χ3v) is 4.92. The Bertz CT molecular complexity index is 932. The van der Waals surface area contributed by atoms with Gasteiger partial charge in [0.1, 0.15) is 5.75 Å². The van der Waals surface area contributed by atoms with E-state index in [1.807, 2.05) is 30.3 Å². The molecule has 0 saturated carbocycles. The molecule has 1 aromatic heterocycles. The number of ether oxygens (including phenoxy) is 1. The Morgan fingerprint density at radius 3 is 2.39 bits per heavy atom. The molecule has 28 heavy (non-hydrogen) atoms. The molecule has 2 heterocycles. The molecule has 1 N–H and O–H groups in total. The summed E-state index contributed by atoms with van der Waals surface area (Å²) < 4.78 is 41.5. The number of hydrogen-bond donors (Lipinski definition) is 1. The number of piperazine rings is 1. The lowest BCUT2D eigenvalue weighted by Crippen LogP contribution is -2.45. The summed E-state index contributed by atoms with van der Waals surface area (Å²) in [6.45, 7) is 3.44. The van der Waals surface area contributed by atoms with Gasteiger partial charge >= 0.3 is 6.36 Å². The van der Waals surface area contributed by atoms with E-state index in [2.05, 4.69) is 19.9 Å². The van der Waals surface area contributed by atoms with Crippen molar-refractivity contribution in [1.82, 2.24) is 15.2 Å². The number of nitrogens with one attached hydrogen (secondary N) is 1. The highest BCUT2D eigenvalue weighted by Gasteiger charge is 2.31. The number of halogens is 3. The van der Waals surface area contributed by atoms with Crippen LogP contribution in [0.2, 0.25) is 0 Å². The van der Waals surface area contributed by atoms with Gasteiger partial charge in [0.25, 0.3) is 0 Å². The fourth-order valence-electron chi connectivity index (χ4n) is 3.74. The zero-order valence-electron chi connectivity index (χ0n) is 15.1. The molecule has 1 saturated heterocycles. The van der Waals surface area contributed by atoms with Crippen LogP contribution in [0, 0.1) is 0 Å². The lowest BCUT2D eigenvalue weighted by atomic mass is 9.93. The van der Waals surface area contributed by atoms with Crippen molar-refractivity contribution < 1.29 is 17.9 Å². The number of fused-ring (bicyclic) bond motifs is 1. The van der Waals surface area contributed by atoms with Crippen LogP contribution in [0.1, 0.15) is 17.2 Å². The van der Waals surface area contributed by atoms with Gasteiger partial charge in [-0.2, -0.15) is 0 Å². The second-order valence-electron chi connectivity index (χ2n) is 6.72. The van der Waals surface area contributed by atoms with Crippen LogP contribution in [0.15, 0.2) is 60.8 Å². The Morgan fingerprint density at radius 1 is 0.964 bits per heavy atom. The summed E-state index contributed by atoms with van der Waals surface area (Å²) in [7, 11) is 0. The van der Waals surface area contributed by atoms with Crippen LogP contribution < -0.4 is 10.1 Å². The Kier molecular flexibility index (Phi) is 5.19. The van der Waals surface area contributed by atoms with Crippen molar-refractivity contribution >= 4 is 10.9 Å². The first kappa shape index (κ1) is 18.7. The quantitative estimate of drug-likeness (QED) is 0.731. The van der Waals surface area contributed by atoms with Gasteiger partial charge < -0.3 is 10.1 Å². The van der Waals surface area contributed by atoms with E-state index in [0.29, 0.717) is 0 Å². The molecule has 2 aromatic carbocycles. The molecule has 4 rings (SSSR count). The minimum Gasteiger partial charge on any atom is -0.406 e. The molecule has 1 aliphatic rings. The summed E-state index contributed by atoms with van der Waals surface area (Å²) in [5.74, 6) is -0.213. The van der Waals surface area contributed by atoms with E-state index >= 15 is 0 Å². The van der Waals surface area contributed by atoms with Crippen molar-refractivity contribution in [2.75, 3.05) is 26.2 Å². The number of para-hydroxylation sites is 1. The Hall–Kier alpha value is -2.64. The number of hydrogen-bond acceptors (Lipinski definition) is 4. The number of aromatic nitrogens is 1. The molecular formula is C21H20F3N3O. The Morgan fingerprint density at radius 2 is 1.68 bits per heavy atom. The molecule has 0 unspecified atom stereocenters. The van der Waals surface area contributed by atoms with Gasteiger partial charge in [0.2, 0.25) is 0 Å². The first-order valence-electron chi connectivity index (χ1n) is 9.15. The molecule has 1 fully saturated rings. The summed E-state index contributed by atoms with van der Waals surface area (Å²) in [6, 6.07) is 16.0. The van der Waals surface area contributed by atoms with Crippen LogP contribution in [-0.2, 0) is 0 Å². The molecule has 0 spiro atoms. The van der Waals surface area contributed by atoms with Crippen molar-refractivity contribution in [1.29, 1.82) is 0 Å². The van der Waals surface area contributed by atoms with E-state index in [-0.39, 0.29) is 11.8 Å². The van der Waals surface area contributed by atoms with Crippen LogP contribution in [0.25, 0.3) is 10.9 Å². The first-order valence-corrected chi connectivity index (χ1v) is 9.15. The van der Waals surface area contributed by atoms with Crippen molar-refractivity contribution in [2.45, 2.75) is 12.4 Å². The van der Waals surface area contributed by atoms with Crippen LogP contribution in [0.3, 0.4) is 0 Å². The Balaban J connectivity index is 1.76. The topological polar surface area (TPSA) is 37.4 Å². The summed E-state index contributed by atoms with van der Waals surface area (Å²) in [4.78, 5) is 6.79. The van der Waals surface area contributed by atoms with Crippen LogP contribution in [-0.4, -0.2) is 42.4 Å². The maximum atomic E-state index is 12.5. The lowest BCUT2D eigenvalue weighted by Gasteiger charge is -2.36. The van der Waals surface area contributed by atoms with E-state index < -0.39 is 6.36 Å². The SMILES string of the molecule is FC(F)(F)Oc1ccc([C@@H](c2ccnc3ccccc23)N2CCNCC2)cc1. The minimum atomic E-state index is -4.69. The van der Waals surface area contributed by atoms with Crippen LogP contribution in [0.4, 0.5) is 13.2 Å². The highest BCUT2D eigenvalue weighted by Crippen LogP contribution is 2.34. The standard InChI is InChI=1S/C21H20F3N3O/c22-21(23,24)28-16-7-5-15(6-8-16)20(27-13-11-25-12-14-27)18-9-10-26-19-4-2-1-3-17(18)19/h1-10,20,25H,11-14H2/t20-/m0/s1. The van der Waals surface area contributed by atoms with Crippen molar-refractivity contribution in [3.8, 4) is 5.75 Å². The average Bonchev–Trinajstić information content (AvgIpc) is 2.69. The molecule has 0 amide bonds. The third kappa shape index (κ3) is 4.10. The normalized spacial score (nSPS) is 16.8. The minimum absolute atomic E-state index is 0.0741. The maximum Gasteiger partial charge on any atom is 0.573 e. The van der Waals surface area contributed by atoms with Gasteiger partial charge in [-0.15, -0.1) is 13.2 Å². The number of rotatable bonds is 4. The molecule has 7 heteroatoms. The summed E-state index contributed by atoms with van der Waals surface area (Å²) >= 11 is 0. The summed E-state index contributed by atoms with van der Waals surface area (Å²) in [5.41, 5.74) is 2.92. The monoisotopic (exact) mass is 387 g/mol. The van der Waals surface area contributed by atoms with Gasteiger partial charge in [0, 0.05) is 37.8 Å². The van der Waals surface area contributed by atoms with Gasteiger partial charge in [0.15, 0.2) is 0 Å². The second-order valence-corrected chi connectivity index (χ2v) is 6.72. The second kappa shape index (κ2) is 7.77. The smallest absolute Gasteiger partial charge is 0.406 e. The van der Waals surface area contributed by atoms with Crippen LogP contribution in [0.5, 0.6) is 5.75 Å². The van der Waals surface area contributed by atoms with Crippen molar-refractivity contribution in [3.05, 3.63) is 71.9 Å². The average molecular weight is 387 g/mol. The highest BCUT2D eigenvalue weighted by atomic mass is 19.4. The summed E-state index contributed by atoms with van der Waals surface area (Å²) in [5, 5.41) is 4.39. The fraction of sp³-hybridized carbons (Fsp3) is 0.286. The van der Waals surface area contributed by atoms with E-state index in [9.17, 15) is 13.2 Å².